The Balaban J connectivity index is 1.17. The first kappa shape index (κ1) is 53.5. The normalized spacial score (nSPS) is 13.8. The lowest BCUT2D eigenvalue weighted by atomic mass is 9.70. The van der Waals surface area contributed by atoms with Crippen LogP contribution in [0.4, 0.5) is 0 Å². The Morgan fingerprint density at radius 2 is 0.611 bits per heavy atom. The van der Waals surface area contributed by atoms with Crippen LogP contribution < -0.4 is 0 Å². The van der Waals surface area contributed by atoms with Gasteiger partial charge in [-0.2, -0.15) is 0 Å². The van der Waals surface area contributed by atoms with Gasteiger partial charge in [-0.25, -0.2) is 0 Å². The summed E-state index contributed by atoms with van der Waals surface area (Å²) in [5.41, 5.74) is 21.9. The van der Waals surface area contributed by atoms with E-state index in [-0.39, 0.29) is 10.8 Å². The van der Waals surface area contributed by atoms with Crippen LogP contribution >= 0.6 is 0 Å². The van der Waals surface area contributed by atoms with Gasteiger partial charge in [0.2, 0.25) is 0 Å². The van der Waals surface area contributed by atoms with E-state index in [0.717, 1.165) is 11.4 Å². The van der Waals surface area contributed by atoms with Crippen molar-refractivity contribution in [3.63, 3.8) is 0 Å². The monoisotopic (exact) mass is 961 g/mol. The van der Waals surface area contributed by atoms with Crippen molar-refractivity contribution in [1.29, 1.82) is 0 Å². The second kappa shape index (κ2) is 26.4. The summed E-state index contributed by atoms with van der Waals surface area (Å²) in [6.45, 7) is 13.8. The van der Waals surface area contributed by atoms with E-state index in [4.69, 9.17) is 9.97 Å². The third kappa shape index (κ3) is 12.4. The zero-order valence-electron chi connectivity index (χ0n) is 46.1. The van der Waals surface area contributed by atoms with Gasteiger partial charge in [-0.15, -0.1) is 0 Å². The van der Waals surface area contributed by atoms with E-state index in [2.05, 4.69) is 145 Å². The predicted octanol–water partition coefficient (Wildman–Crippen LogP) is 21.6. The molecule has 2 aromatic heterocycles. The molecule has 0 spiro atoms. The maximum atomic E-state index is 5.19. The Kier molecular flexibility index (Phi) is 19.6. The zero-order valence-corrected chi connectivity index (χ0v) is 46.1. The highest BCUT2D eigenvalue weighted by Crippen LogP contribution is 2.57. The number of rotatable bonds is 31. The Bertz CT molecular complexity index is 2620. The molecule has 0 fully saturated rings. The molecule has 4 aromatic carbocycles. The molecule has 2 nitrogen and oxygen atoms in total. The van der Waals surface area contributed by atoms with Crippen molar-refractivity contribution in [3.8, 4) is 55.9 Å². The lowest BCUT2D eigenvalue weighted by Crippen LogP contribution is -2.26. The molecule has 0 saturated heterocycles. The maximum Gasteiger partial charge on any atom is 0.0708 e. The van der Waals surface area contributed by atoms with E-state index in [1.807, 2.05) is 6.20 Å². The molecule has 0 saturated carbocycles. The summed E-state index contributed by atoms with van der Waals surface area (Å²) in [6.07, 6.45) is 40.7. The van der Waals surface area contributed by atoms with Crippen molar-refractivity contribution < 1.29 is 0 Å². The summed E-state index contributed by atoms with van der Waals surface area (Å²) in [5, 5.41) is 0. The summed E-state index contributed by atoms with van der Waals surface area (Å²) in [6, 6.07) is 38.7. The summed E-state index contributed by atoms with van der Waals surface area (Å²) in [7, 11) is 0. The molecule has 8 rings (SSSR count). The van der Waals surface area contributed by atoms with Crippen molar-refractivity contribution in [2.75, 3.05) is 0 Å². The fourth-order valence-corrected chi connectivity index (χ4v) is 13.2. The second-order valence-electron chi connectivity index (χ2n) is 22.7. The molecule has 0 aliphatic heterocycles. The standard InChI is InChI=1S/C70H92N2/c1-7-11-15-19-23-27-41-69(42-28-24-20-16-12-8-2)63-47-53(5)31-35-59(63)61-38-34-58(51-65(61)69)68-52-56(40-46-72-68)55-32-36-60-62-37-33-57(67-48-54(6)39-45-71-67)50-66(62)70(64(60)49-55,43-29-25-21-17-13-9-3)44-30-26-22-18-14-10-4/h31-40,45-52H,7-30,41-44H2,1-6H3. The second-order valence-corrected chi connectivity index (χ2v) is 22.7. The molecule has 0 atom stereocenters. The molecule has 0 amide bonds. The van der Waals surface area contributed by atoms with Crippen LogP contribution in [0.1, 0.15) is 241 Å². The van der Waals surface area contributed by atoms with E-state index < -0.39 is 0 Å². The number of hydrogen-bond acceptors (Lipinski definition) is 2. The van der Waals surface area contributed by atoms with Crippen LogP contribution in [0.25, 0.3) is 55.9 Å². The van der Waals surface area contributed by atoms with E-state index >= 15 is 0 Å². The SMILES string of the molecule is CCCCCCCCC1(CCCCCCCC)c2cc(C)ccc2-c2ccc(-c3cc(-c4ccc5c(c4)C(CCCCCCCC)(CCCCCCCC)c4cc(-c6cc(C)ccn6)ccc4-5)ccn3)cc21. The molecule has 6 aromatic rings. The average molecular weight is 962 g/mol. The Hall–Kier alpha value is -4.82. The van der Waals surface area contributed by atoms with Gasteiger partial charge in [0.1, 0.15) is 0 Å². The Morgan fingerprint density at radius 1 is 0.292 bits per heavy atom. The first-order chi connectivity index (χ1) is 35.4. The van der Waals surface area contributed by atoms with Gasteiger partial charge < -0.3 is 0 Å². The minimum absolute atomic E-state index is 0.0332. The molecule has 382 valence electrons. The van der Waals surface area contributed by atoms with E-state index in [9.17, 15) is 0 Å². The van der Waals surface area contributed by atoms with E-state index in [1.165, 1.54) is 241 Å². The number of benzene rings is 4. The fraction of sp³-hybridized carbons (Fsp3) is 0.514. The summed E-state index contributed by atoms with van der Waals surface area (Å²) >= 11 is 0. The van der Waals surface area contributed by atoms with E-state index in [1.54, 1.807) is 16.7 Å². The summed E-state index contributed by atoms with van der Waals surface area (Å²) in [5.74, 6) is 0. The highest BCUT2D eigenvalue weighted by atomic mass is 14.7. The van der Waals surface area contributed by atoms with Gasteiger partial charge in [-0.05, 0) is 143 Å². The first-order valence-electron chi connectivity index (χ1n) is 29.8. The van der Waals surface area contributed by atoms with Crippen molar-refractivity contribution in [1.82, 2.24) is 9.97 Å². The quantitative estimate of drug-likeness (QED) is 0.0406. The van der Waals surface area contributed by atoms with Crippen molar-refractivity contribution >= 4 is 0 Å². The van der Waals surface area contributed by atoms with Gasteiger partial charge in [0, 0.05) is 34.4 Å². The Morgan fingerprint density at radius 3 is 1.04 bits per heavy atom. The number of hydrogen-bond donors (Lipinski definition) is 0. The topological polar surface area (TPSA) is 25.8 Å². The van der Waals surface area contributed by atoms with Gasteiger partial charge in [0.15, 0.2) is 0 Å². The largest absolute Gasteiger partial charge is 0.256 e. The molecule has 2 heterocycles. The molecular weight excluding hydrogens is 869 g/mol. The molecule has 0 unspecified atom stereocenters. The number of unbranched alkanes of at least 4 members (excludes halogenated alkanes) is 20. The van der Waals surface area contributed by atoms with Gasteiger partial charge in [0.05, 0.1) is 11.4 Å². The van der Waals surface area contributed by atoms with Crippen LogP contribution in [0.3, 0.4) is 0 Å². The van der Waals surface area contributed by atoms with Crippen LogP contribution in [0, 0.1) is 13.8 Å². The van der Waals surface area contributed by atoms with Crippen LogP contribution in [0.2, 0.25) is 0 Å². The molecule has 0 radical (unpaired) electrons. The van der Waals surface area contributed by atoms with Gasteiger partial charge in [-0.1, -0.05) is 242 Å². The van der Waals surface area contributed by atoms with Gasteiger partial charge >= 0.3 is 0 Å². The zero-order chi connectivity index (χ0) is 50.2. The van der Waals surface area contributed by atoms with Crippen LogP contribution in [0.15, 0.2) is 109 Å². The van der Waals surface area contributed by atoms with Gasteiger partial charge in [0.25, 0.3) is 0 Å². The smallest absolute Gasteiger partial charge is 0.0708 e. The fourth-order valence-electron chi connectivity index (χ4n) is 13.2. The average Bonchev–Trinajstić information content (AvgIpc) is 3.82. The minimum atomic E-state index is -0.0332. The number of nitrogens with zero attached hydrogens (tertiary/aromatic N) is 2. The van der Waals surface area contributed by atoms with Crippen molar-refractivity contribution in [3.05, 3.63) is 143 Å². The molecule has 72 heavy (non-hydrogen) atoms. The van der Waals surface area contributed by atoms with E-state index in [0.29, 0.717) is 0 Å². The lowest BCUT2D eigenvalue weighted by Gasteiger charge is -2.33. The summed E-state index contributed by atoms with van der Waals surface area (Å²) < 4.78 is 0. The number of aryl methyl sites for hydroxylation is 2. The van der Waals surface area contributed by atoms with Crippen LogP contribution in [-0.4, -0.2) is 9.97 Å². The van der Waals surface area contributed by atoms with Crippen molar-refractivity contribution in [2.24, 2.45) is 0 Å². The van der Waals surface area contributed by atoms with Crippen LogP contribution in [-0.2, 0) is 10.8 Å². The maximum absolute atomic E-state index is 5.19. The molecule has 2 aliphatic carbocycles. The van der Waals surface area contributed by atoms with Gasteiger partial charge in [-0.3, -0.25) is 9.97 Å². The molecular formula is C70H92N2. The number of fused-ring (bicyclic) bond motifs is 6. The predicted molar refractivity (Wildman–Crippen MR) is 312 cm³/mol. The van der Waals surface area contributed by atoms with Crippen molar-refractivity contribution in [2.45, 2.75) is 232 Å². The molecule has 0 N–H and O–H groups in total. The highest BCUT2D eigenvalue weighted by Gasteiger charge is 2.44. The molecule has 2 aliphatic rings. The summed E-state index contributed by atoms with van der Waals surface area (Å²) in [4.78, 5) is 10.1. The minimum Gasteiger partial charge on any atom is -0.256 e. The third-order valence-corrected chi connectivity index (χ3v) is 17.3. The third-order valence-electron chi connectivity index (χ3n) is 17.3. The Labute approximate surface area is 438 Å². The highest BCUT2D eigenvalue weighted by molar-refractivity contribution is 5.87. The molecule has 0 bridgehead atoms. The lowest BCUT2D eigenvalue weighted by molar-refractivity contribution is 0.398. The first-order valence-corrected chi connectivity index (χ1v) is 29.8. The number of pyridine rings is 2. The molecule has 2 heteroatoms. The number of aromatic nitrogens is 2. The van der Waals surface area contributed by atoms with Crippen LogP contribution in [0.5, 0.6) is 0 Å².